The minimum absolute atomic E-state index is 0.498. The van der Waals surface area contributed by atoms with Crippen molar-refractivity contribution in [1.82, 2.24) is 14.8 Å². The van der Waals surface area contributed by atoms with Gasteiger partial charge in [0.05, 0.1) is 23.6 Å². The molecule has 0 bridgehead atoms. The highest BCUT2D eigenvalue weighted by Crippen LogP contribution is 2.21. The van der Waals surface area contributed by atoms with Crippen LogP contribution in [0, 0.1) is 20.8 Å². The number of nitrogens with one attached hydrogen (secondary N) is 1. The Morgan fingerprint density at radius 3 is 2.47 bits per heavy atom. The maximum absolute atomic E-state index is 5.91. The van der Waals surface area contributed by atoms with E-state index in [2.05, 4.69) is 15.4 Å². The van der Waals surface area contributed by atoms with Crippen LogP contribution >= 0.6 is 0 Å². The number of hydrogen-bond donors (Lipinski definition) is 2. The van der Waals surface area contributed by atoms with Gasteiger partial charge in [-0.15, -0.1) is 0 Å². The van der Waals surface area contributed by atoms with E-state index in [9.17, 15) is 0 Å². The highest BCUT2D eigenvalue weighted by molar-refractivity contribution is 5.64. The van der Waals surface area contributed by atoms with Gasteiger partial charge in [-0.1, -0.05) is 0 Å². The lowest BCUT2D eigenvalue weighted by atomic mass is 10.4. The number of nitrogens with two attached hydrogens (primary N) is 1. The number of oxazole rings is 1. The smallest absolute Gasteiger partial charge is 0.213 e. The third kappa shape index (κ3) is 2.11. The van der Waals surface area contributed by atoms with E-state index >= 15 is 0 Å². The molecular weight excluding hydrogens is 218 g/mol. The van der Waals surface area contributed by atoms with E-state index < -0.39 is 0 Å². The molecule has 0 aliphatic carbocycles. The minimum Gasteiger partial charge on any atom is -0.444 e. The normalized spacial score (nSPS) is 10.8. The van der Waals surface area contributed by atoms with Crippen molar-refractivity contribution in [1.29, 1.82) is 0 Å². The summed E-state index contributed by atoms with van der Waals surface area (Å²) in [7, 11) is 1.84. The van der Waals surface area contributed by atoms with Crippen molar-refractivity contribution < 1.29 is 4.42 Å². The van der Waals surface area contributed by atoms with E-state index in [0.29, 0.717) is 18.1 Å². The predicted molar refractivity (Wildman–Crippen MR) is 65.7 cm³/mol. The fourth-order valence-electron chi connectivity index (χ4n) is 1.66. The van der Waals surface area contributed by atoms with Gasteiger partial charge in [0, 0.05) is 7.05 Å². The zero-order chi connectivity index (χ0) is 12.6. The summed E-state index contributed by atoms with van der Waals surface area (Å²) in [6.07, 6.45) is 0. The highest BCUT2D eigenvalue weighted by atomic mass is 16.4. The minimum atomic E-state index is 0.498. The van der Waals surface area contributed by atoms with Crippen molar-refractivity contribution in [3.8, 4) is 0 Å². The predicted octanol–water partition coefficient (Wildman–Crippen LogP) is 1.53. The van der Waals surface area contributed by atoms with Gasteiger partial charge in [0.15, 0.2) is 0 Å². The Kier molecular flexibility index (Phi) is 2.79. The summed E-state index contributed by atoms with van der Waals surface area (Å²) in [5.41, 5.74) is 8.29. The fraction of sp³-hybridized carbons (Fsp3) is 0.455. The van der Waals surface area contributed by atoms with Gasteiger partial charge in [-0.05, 0) is 20.8 Å². The van der Waals surface area contributed by atoms with Crippen LogP contribution in [-0.2, 0) is 13.6 Å². The topological polar surface area (TPSA) is 81.9 Å². The lowest BCUT2D eigenvalue weighted by molar-refractivity contribution is 0.477. The monoisotopic (exact) mass is 235 g/mol. The van der Waals surface area contributed by atoms with E-state index in [1.54, 1.807) is 4.68 Å². The van der Waals surface area contributed by atoms with Gasteiger partial charge < -0.3 is 15.5 Å². The first-order valence-corrected chi connectivity index (χ1v) is 5.45. The van der Waals surface area contributed by atoms with Crippen molar-refractivity contribution in [3.05, 3.63) is 23.0 Å². The molecule has 3 N–H and O–H groups in total. The molecule has 92 valence electrons. The largest absolute Gasteiger partial charge is 0.444 e. The molecule has 0 fully saturated rings. The van der Waals surface area contributed by atoms with E-state index in [1.165, 1.54) is 0 Å². The average molecular weight is 235 g/mol. The quantitative estimate of drug-likeness (QED) is 0.843. The highest BCUT2D eigenvalue weighted by Gasteiger charge is 2.11. The van der Waals surface area contributed by atoms with Gasteiger partial charge in [0.2, 0.25) is 5.89 Å². The molecule has 0 spiro atoms. The molecule has 0 saturated carbocycles. The van der Waals surface area contributed by atoms with Crippen molar-refractivity contribution in [3.63, 3.8) is 0 Å². The zero-order valence-corrected chi connectivity index (χ0v) is 10.5. The second-order valence-electron chi connectivity index (χ2n) is 4.07. The van der Waals surface area contributed by atoms with Crippen molar-refractivity contribution in [2.75, 3.05) is 11.1 Å². The van der Waals surface area contributed by atoms with Gasteiger partial charge in [-0.2, -0.15) is 5.10 Å². The van der Waals surface area contributed by atoms with Crippen molar-refractivity contribution in [2.24, 2.45) is 7.05 Å². The fourth-order valence-corrected chi connectivity index (χ4v) is 1.66. The third-order valence-electron chi connectivity index (χ3n) is 2.75. The second kappa shape index (κ2) is 4.12. The van der Waals surface area contributed by atoms with Crippen LogP contribution in [0.15, 0.2) is 4.42 Å². The van der Waals surface area contributed by atoms with Crippen molar-refractivity contribution in [2.45, 2.75) is 27.3 Å². The summed E-state index contributed by atoms with van der Waals surface area (Å²) in [6.45, 7) is 6.19. The Balaban J connectivity index is 2.12. The van der Waals surface area contributed by atoms with E-state index in [1.807, 2.05) is 27.8 Å². The first kappa shape index (κ1) is 11.5. The van der Waals surface area contributed by atoms with Crippen LogP contribution in [0.2, 0.25) is 0 Å². The molecule has 6 heteroatoms. The van der Waals surface area contributed by atoms with Gasteiger partial charge in [-0.3, -0.25) is 4.68 Å². The molecule has 0 atom stereocenters. The van der Waals surface area contributed by atoms with Crippen LogP contribution in [0.4, 0.5) is 11.5 Å². The van der Waals surface area contributed by atoms with Crippen LogP contribution < -0.4 is 11.1 Å². The van der Waals surface area contributed by atoms with Gasteiger partial charge in [0.25, 0.3) is 0 Å². The molecule has 0 unspecified atom stereocenters. The number of hydrogen-bond acceptors (Lipinski definition) is 5. The summed E-state index contributed by atoms with van der Waals surface area (Å²) in [4.78, 5) is 4.29. The molecule has 0 aliphatic rings. The van der Waals surface area contributed by atoms with E-state index in [0.717, 1.165) is 23.0 Å². The van der Waals surface area contributed by atoms with Crippen LogP contribution in [0.25, 0.3) is 0 Å². The summed E-state index contributed by atoms with van der Waals surface area (Å²) < 4.78 is 7.19. The molecule has 2 heterocycles. The van der Waals surface area contributed by atoms with Crippen molar-refractivity contribution >= 4 is 11.5 Å². The molecule has 17 heavy (non-hydrogen) atoms. The SMILES string of the molecule is Cc1nc(CNc2c(N)c(C)nn2C)oc1C. The van der Waals surface area contributed by atoms with Crippen LogP contribution in [0.5, 0.6) is 0 Å². The number of anilines is 2. The van der Waals surface area contributed by atoms with Gasteiger partial charge >= 0.3 is 0 Å². The Labute approximate surface area is 99.8 Å². The Bertz CT molecular complexity index is 521. The van der Waals surface area contributed by atoms with Crippen LogP contribution in [-0.4, -0.2) is 14.8 Å². The zero-order valence-electron chi connectivity index (χ0n) is 10.5. The maximum atomic E-state index is 5.91. The Morgan fingerprint density at radius 2 is 2.00 bits per heavy atom. The molecule has 2 aromatic rings. The number of rotatable bonds is 3. The molecule has 0 aromatic carbocycles. The lowest BCUT2D eigenvalue weighted by Gasteiger charge is -2.04. The Hall–Kier alpha value is -1.98. The maximum Gasteiger partial charge on any atom is 0.213 e. The number of aryl methyl sites for hydroxylation is 4. The number of nitrogens with zero attached hydrogens (tertiary/aromatic N) is 3. The number of aromatic nitrogens is 3. The lowest BCUT2D eigenvalue weighted by Crippen LogP contribution is -2.06. The molecular formula is C11H17N5O. The van der Waals surface area contributed by atoms with Gasteiger partial charge in [0.1, 0.15) is 11.6 Å². The summed E-state index contributed by atoms with van der Waals surface area (Å²) in [5.74, 6) is 2.28. The molecule has 0 amide bonds. The van der Waals surface area contributed by atoms with E-state index in [-0.39, 0.29) is 0 Å². The molecule has 6 nitrogen and oxygen atoms in total. The van der Waals surface area contributed by atoms with Crippen LogP contribution in [0.3, 0.4) is 0 Å². The molecule has 0 radical (unpaired) electrons. The Morgan fingerprint density at radius 1 is 1.29 bits per heavy atom. The second-order valence-corrected chi connectivity index (χ2v) is 4.07. The summed E-state index contributed by atoms with van der Waals surface area (Å²) >= 11 is 0. The van der Waals surface area contributed by atoms with Gasteiger partial charge in [-0.25, -0.2) is 4.98 Å². The molecule has 2 rings (SSSR count). The van der Waals surface area contributed by atoms with E-state index in [4.69, 9.17) is 10.2 Å². The first-order valence-electron chi connectivity index (χ1n) is 5.45. The summed E-state index contributed by atoms with van der Waals surface area (Å²) in [6, 6.07) is 0. The van der Waals surface area contributed by atoms with Crippen LogP contribution in [0.1, 0.15) is 23.0 Å². The molecule has 2 aromatic heterocycles. The standard InChI is InChI=1S/C11H17N5O/c1-6-8(3)17-9(14-6)5-13-11-10(12)7(2)15-16(11)4/h13H,5,12H2,1-4H3. The summed E-state index contributed by atoms with van der Waals surface area (Å²) in [5, 5.41) is 7.40. The first-order chi connectivity index (χ1) is 7.99. The molecule has 0 saturated heterocycles. The average Bonchev–Trinajstić information content (AvgIpc) is 2.69. The molecule has 0 aliphatic heterocycles. The number of nitrogen functional groups attached to an aromatic ring is 1. The third-order valence-corrected chi connectivity index (χ3v) is 2.75.